The fourth-order valence-electron chi connectivity index (χ4n) is 6.95. The van der Waals surface area contributed by atoms with Gasteiger partial charge in [-0.1, -0.05) is 70.7 Å². The van der Waals surface area contributed by atoms with E-state index in [-0.39, 0.29) is 49.2 Å². The van der Waals surface area contributed by atoms with E-state index in [0.29, 0.717) is 62.7 Å². The van der Waals surface area contributed by atoms with Gasteiger partial charge in [-0.15, -0.1) is 0 Å². The standard InChI is InChI=1S/C43H61F6N5O4/c1-30(50-5)39(57)52-38(41(2,3)4)40(58)54-27-12-13-35(54)29-53(28-25-32-18-22-34(23-19-32)43(47,48)49)37(56)15-11-9-7-6-8-10-14-36(55)51-26-24-31-16-20-33(21-17-31)42(44,45)46/h16-23,30,35,38,50H,6-15,24-29H2,1-5H3,(H,51,55)(H,52,57)/t30-,35-,38+/m0/s1. The number of likely N-dealkylation sites (N-methyl/N-ethyl adjacent to an activating group) is 1. The Hall–Kier alpha value is -4.14. The number of amides is 4. The Morgan fingerprint density at radius 3 is 1.81 bits per heavy atom. The molecule has 9 nitrogen and oxygen atoms in total. The molecule has 3 rings (SSSR count). The number of rotatable bonds is 21. The maximum atomic E-state index is 14.0. The molecule has 1 aliphatic heterocycles. The summed E-state index contributed by atoms with van der Waals surface area (Å²) in [6.07, 6.45) is -1.35. The number of carbonyl (C=O) groups is 4. The number of nitrogens with one attached hydrogen (secondary N) is 3. The molecule has 3 N–H and O–H groups in total. The highest BCUT2D eigenvalue weighted by Gasteiger charge is 2.41. The first-order valence-corrected chi connectivity index (χ1v) is 20.4. The van der Waals surface area contributed by atoms with Crippen LogP contribution in [-0.2, 0) is 44.4 Å². The Bertz CT molecular complexity index is 1610. The molecule has 0 spiro atoms. The van der Waals surface area contributed by atoms with Crippen LogP contribution in [0.5, 0.6) is 0 Å². The van der Waals surface area contributed by atoms with Crippen molar-refractivity contribution in [2.45, 2.75) is 135 Å². The van der Waals surface area contributed by atoms with Gasteiger partial charge in [0, 0.05) is 45.1 Å². The van der Waals surface area contributed by atoms with E-state index >= 15 is 0 Å². The lowest BCUT2D eigenvalue weighted by molar-refractivity contribution is -0.142. The number of alkyl halides is 6. The summed E-state index contributed by atoms with van der Waals surface area (Å²) in [5.41, 5.74) is -0.673. The second kappa shape index (κ2) is 22.3. The van der Waals surface area contributed by atoms with E-state index in [1.165, 1.54) is 24.3 Å². The molecular weight excluding hydrogens is 764 g/mol. The number of benzene rings is 2. The third kappa shape index (κ3) is 15.9. The maximum absolute atomic E-state index is 14.0. The van der Waals surface area contributed by atoms with E-state index in [2.05, 4.69) is 16.0 Å². The molecule has 0 radical (unpaired) electrons. The predicted octanol–water partition coefficient (Wildman–Crippen LogP) is 7.70. The molecule has 0 unspecified atom stereocenters. The van der Waals surface area contributed by atoms with Gasteiger partial charge in [0.25, 0.3) is 0 Å². The summed E-state index contributed by atoms with van der Waals surface area (Å²) in [5, 5.41) is 8.62. The lowest BCUT2D eigenvalue weighted by Crippen LogP contribution is -2.59. The van der Waals surface area contributed by atoms with Crippen molar-refractivity contribution in [1.29, 1.82) is 0 Å². The minimum atomic E-state index is -4.45. The van der Waals surface area contributed by atoms with Crippen molar-refractivity contribution in [3.63, 3.8) is 0 Å². The fourth-order valence-corrected chi connectivity index (χ4v) is 6.95. The minimum Gasteiger partial charge on any atom is -0.356 e. The fraction of sp³-hybridized carbons (Fsp3) is 0.628. The molecule has 2 aromatic rings. The van der Waals surface area contributed by atoms with Gasteiger partial charge >= 0.3 is 12.4 Å². The summed E-state index contributed by atoms with van der Waals surface area (Å²) in [5.74, 6) is -0.711. The van der Waals surface area contributed by atoms with Crippen LogP contribution in [0, 0.1) is 5.41 Å². The lowest BCUT2D eigenvalue weighted by atomic mass is 9.85. The smallest absolute Gasteiger partial charge is 0.356 e. The van der Waals surface area contributed by atoms with Crippen LogP contribution in [0.25, 0.3) is 0 Å². The van der Waals surface area contributed by atoms with Gasteiger partial charge in [-0.25, -0.2) is 0 Å². The van der Waals surface area contributed by atoms with Crippen LogP contribution in [0.1, 0.15) is 114 Å². The van der Waals surface area contributed by atoms with Crippen molar-refractivity contribution in [2.75, 3.05) is 33.2 Å². The molecule has 324 valence electrons. The normalized spacial score (nSPS) is 15.8. The molecule has 0 aromatic heterocycles. The van der Waals surface area contributed by atoms with Crippen molar-refractivity contribution < 1.29 is 45.5 Å². The van der Waals surface area contributed by atoms with Crippen LogP contribution >= 0.6 is 0 Å². The first kappa shape index (κ1) is 48.2. The third-order valence-electron chi connectivity index (χ3n) is 10.7. The molecule has 0 bridgehead atoms. The third-order valence-corrected chi connectivity index (χ3v) is 10.7. The summed E-state index contributed by atoms with van der Waals surface area (Å²) < 4.78 is 77.8. The molecule has 4 amide bonds. The number of hydrogen-bond acceptors (Lipinski definition) is 5. The summed E-state index contributed by atoms with van der Waals surface area (Å²) >= 11 is 0. The summed E-state index contributed by atoms with van der Waals surface area (Å²) in [6, 6.07) is 8.23. The Kier molecular flexibility index (Phi) is 18.5. The monoisotopic (exact) mass is 825 g/mol. The number of unbranched alkanes of at least 4 members (excludes halogenated alkanes) is 5. The molecule has 1 saturated heterocycles. The number of hydrogen-bond donors (Lipinski definition) is 3. The molecule has 15 heteroatoms. The van der Waals surface area contributed by atoms with Crippen molar-refractivity contribution in [3.05, 3.63) is 70.8 Å². The summed E-state index contributed by atoms with van der Waals surface area (Å²) in [6.45, 7) is 8.74. The molecular formula is C43H61F6N5O4. The van der Waals surface area contributed by atoms with Crippen LogP contribution in [0.3, 0.4) is 0 Å². The zero-order valence-corrected chi connectivity index (χ0v) is 34.5. The molecule has 1 heterocycles. The zero-order valence-electron chi connectivity index (χ0n) is 34.5. The summed E-state index contributed by atoms with van der Waals surface area (Å²) in [7, 11) is 1.66. The summed E-state index contributed by atoms with van der Waals surface area (Å²) in [4.78, 5) is 56.3. The number of halogens is 6. The SMILES string of the molecule is CN[C@@H](C)C(=O)N[C@H](C(=O)N1CCC[C@H]1CN(CCc1ccc(C(F)(F)F)cc1)C(=O)CCCCCCCCC(=O)NCCc1ccc(C(F)(F)F)cc1)C(C)(C)C. The van der Waals surface area contributed by atoms with Crippen LogP contribution in [0.2, 0.25) is 0 Å². The number of likely N-dealkylation sites (tertiary alicyclic amines) is 1. The van der Waals surface area contributed by atoms with Crippen LogP contribution in [-0.4, -0.2) is 84.8 Å². The van der Waals surface area contributed by atoms with Gasteiger partial charge in [-0.05, 0) is 93.3 Å². The van der Waals surface area contributed by atoms with Gasteiger partial charge in [-0.2, -0.15) is 26.3 Å². The van der Waals surface area contributed by atoms with Crippen LogP contribution < -0.4 is 16.0 Å². The van der Waals surface area contributed by atoms with Crippen LogP contribution in [0.4, 0.5) is 26.3 Å². The van der Waals surface area contributed by atoms with E-state index in [4.69, 9.17) is 0 Å². The van der Waals surface area contributed by atoms with Crippen LogP contribution in [0.15, 0.2) is 48.5 Å². The topological polar surface area (TPSA) is 111 Å². The van der Waals surface area contributed by atoms with Crippen molar-refractivity contribution in [2.24, 2.45) is 5.41 Å². The van der Waals surface area contributed by atoms with E-state index in [9.17, 15) is 45.5 Å². The average molecular weight is 826 g/mol. The molecule has 0 aliphatic carbocycles. The number of nitrogens with zero attached hydrogens (tertiary/aromatic N) is 2. The van der Waals surface area contributed by atoms with Gasteiger partial charge in [-0.3, -0.25) is 19.2 Å². The van der Waals surface area contributed by atoms with E-state index in [1.54, 1.807) is 23.8 Å². The second-order valence-corrected chi connectivity index (χ2v) is 16.3. The Labute approximate surface area is 339 Å². The van der Waals surface area contributed by atoms with E-state index in [0.717, 1.165) is 56.4 Å². The number of carbonyl (C=O) groups excluding carboxylic acids is 4. The highest BCUT2D eigenvalue weighted by molar-refractivity contribution is 5.90. The largest absolute Gasteiger partial charge is 0.416 e. The Morgan fingerprint density at radius 2 is 1.29 bits per heavy atom. The molecule has 2 aromatic carbocycles. The quantitative estimate of drug-likeness (QED) is 0.0884. The average Bonchev–Trinajstić information content (AvgIpc) is 3.63. The van der Waals surface area contributed by atoms with Gasteiger partial charge < -0.3 is 25.8 Å². The van der Waals surface area contributed by atoms with Gasteiger partial charge in [0.2, 0.25) is 23.6 Å². The Morgan fingerprint density at radius 1 is 0.776 bits per heavy atom. The highest BCUT2D eigenvalue weighted by atomic mass is 19.4. The van der Waals surface area contributed by atoms with E-state index in [1.807, 2.05) is 20.8 Å². The molecule has 1 aliphatic rings. The van der Waals surface area contributed by atoms with Crippen molar-refractivity contribution in [3.8, 4) is 0 Å². The first-order valence-electron chi connectivity index (χ1n) is 20.4. The molecule has 1 fully saturated rings. The maximum Gasteiger partial charge on any atom is 0.416 e. The van der Waals surface area contributed by atoms with Gasteiger partial charge in [0.1, 0.15) is 6.04 Å². The van der Waals surface area contributed by atoms with Crippen molar-refractivity contribution >= 4 is 23.6 Å². The Balaban J connectivity index is 1.50. The highest BCUT2D eigenvalue weighted by Crippen LogP contribution is 2.31. The predicted molar refractivity (Wildman–Crippen MR) is 211 cm³/mol. The molecule has 3 atom stereocenters. The first-order chi connectivity index (χ1) is 27.2. The minimum absolute atomic E-state index is 0.0947. The zero-order chi connectivity index (χ0) is 43.1. The van der Waals surface area contributed by atoms with Crippen molar-refractivity contribution in [1.82, 2.24) is 25.8 Å². The van der Waals surface area contributed by atoms with Gasteiger partial charge in [0.15, 0.2) is 0 Å². The molecule has 58 heavy (non-hydrogen) atoms. The molecule has 0 saturated carbocycles. The lowest BCUT2D eigenvalue weighted by Gasteiger charge is -2.37. The van der Waals surface area contributed by atoms with E-state index < -0.39 is 41.0 Å². The second-order valence-electron chi connectivity index (χ2n) is 16.3. The van der Waals surface area contributed by atoms with Gasteiger partial charge in [0.05, 0.1) is 17.2 Å².